The fraction of sp³-hybridized carbons (Fsp3) is 0.533. The molecule has 2 aliphatic heterocycles. The lowest BCUT2D eigenvalue weighted by atomic mass is 9.71. The first-order valence-corrected chi connectivity index (χ1v) is 8.06. The van der Waals surface area contributed by atoms with Crippen molar-refractivity contribution in [3.8, 4) is 0 Å². The molecule has 0 aromatic heterocycles. The van der Waals surface area contributed by atoms with Gasteiger partial charge in [0.15, 0.2) is 0 Å². The van der Waals surface area contributed by atoms with Gasteiger partial charge in [0.2, 0.25) is 11.8 Å². The van der Waals surface area contributed by atoms with Crippen LogP contribution < -0.4 is 5.32 Å². The van der Waals surface area contributed by atoms with Crippen LogP contribution >= 0.6 is 11.8 Å². The van der Waals surface area contributed by atoms with Gasteiger partial charge in [-0.3, -0.25) is 9.59 Å². The van der Waals surface area contributed by atoms with Crippen LogP contribution in [0.3, 0.4) is 0 Å². The number of rotatable bonds is 5. The number of carboxylic acids is 1. The van der Waals surface area contributed by atoms with Gasteiger partial charge >= 0.3 is 5.97 Å². The number of fused-ring (bicyclic) bond motifs is 1. The number of aliphatic hydroxyl groups is 1. The minimum Gasteiger partial charge on any atom is -0.477 e. The summed E-state index contributed by atoms with van der Waals surface area (Å²) in [5.41, 5.74) is -0.645. The SMILES string of the molecule is CC(=O)NC=CSC1=C(C(=O)O)N2C(=O)C(C(C)O)C2C1(C)C. The Balaban J connectivity index is 2.34. The van der Waals surface area contributed by atoms with Crippen LogP contribution in [0.15, 0.2) is 22.2 Å². The molecule has 126 valence electrons. The van der Waals surface area contributed by atoms with Crippen molar-refractivity contribution in [3.05, 3.63) is 22.2 Å². The number of aliphatic carboxylic acids is 1. The van der Waals surface area contributed by atoms with Crippen LogP contribution in [-0.2, 0) is 14.4 Å². The number of hydrogen-bond donors (Lipinski definition) is 3. The van der Waals surface area contributed by atoms with Crippen molar-refractivity contribution in [3.63, 3.8) is 0 Å². The Hall–Kier alpha value is -1.80. The van der Waals surface area contributed by atoms with Gasteiger partial charge in [-0.25, -0.2) is 4.79 Å². The highest BCUT2D eigenvalue weighted by Crippen LogP contribution is 2.57. The van der Waals surface area contributed by atoms with Crippen molar-refractivity contribution in [2.45, 2.75) is 39.8 Å². The maximum absolute atomic E-state index is 12.2. The summed E-state index contributed by atoms with van der Waals surface area (Å²) < 4.78 is 0. The Labute approximate surface area is 138 Å². The molecule has 0 saturated carbocycles. The number of amides is 2. The zero-order valence-corrected chi connectivity index (χ0v) is 14.2. The molecule has 0 bridgehead atoms. The summed E-state index contributed by atoms with van der Waals surface area (Å²) in [7, 11) is 0. The summed E-state index contributed by atoms with van der Waals surface area (Å²) in [6.07, 6.45) is 0.594. The summed E-state index contributed by atoms with van der Waals surface area (Å²) in [5.74, 6) is -2.37. The van der Waals surface area contributed by atoms with Gasteiger partial charge in [0.1, 0.15) is 5.70 Å². The van der Waals surface area contributed by atoms with E-state index in [2.05, 4.69) is 5.32 Å². The van der Waals surface area contributed by atoms with Gasteiger partial charge in [-0.15, -0.1) is 0 Å². The molecule has 2 aliphatic rings. The second-order valence-electron chi connectivity index (χ2n) is 6.25. The molecule has 8 heteroatoms. The lowest BCUT2D eigenvalue weighted by molar-refractivity contribution is -0.166. The monoisotopic (exact) mass is 340 g/mol. The maximum Gasteiger partial charge on any atom is 0.353 e. The molecule has 3 unspecified atom stereocenters. The van der Waals surface area contributed by atoms with Crippen LogP contribution in [0.2, 0.25) is 0 Å². The van der Waals surface area contributed by atoms with E-state index in [0.717, 1.165) is 11.8 Å². The van der Waals surface area contributed by atoms with Gasteiger partial charge in [0.25, 0.3) is 0 Å². The van der Waals surface area contributed by atoms with Crippen molar-refractivity contribution >= 4 is 29.5 Å². The Morgan fingerprint density at radius 2 is 2.04 bits per heavy atom. The first-order valence-electron chi connectivity index (χ1n) is 7.18. The molecule has 0 aliphatic carbocycles. The van der Waals surface area contributed by atoms with E-state index in [1.807, 2.05) is 13.8 Å². The standard InChI is InChI=1S/C15H20N2O5S/c1-7(18)9-11-15(3,4)12(23-6-5-16-8(2)19)10(14(21)22)17(11)13(9)20/h5-7,9,11,18H,1-4H3,(H,16,19)(H,21,22). The smallest absolute Gasteiger partial charge is 0.353 e. The molecule has 0 aromatic carbocycles. The average Bonchev–Trinajstić information content (AvgIpc) is 2.59. The van der Waals surface area contributed by atoms with Gasteiger partial charge < -0.3 is 20.4 Å². The van der Waals surface area contributed by atoms with E-state index >= 15 is 0 Å². The van der Waals surface area contributed by atoms with Crippen molar-refractivity contribution < 1.29 is 24.6 Å². The number of aliphatic hydroxyl groups excluding tert-OH is 1. The van der Waals surface area contributed by atoms with Crippen molar-refractivity contribution in [2.75, 3.05) is 0 Å². The van der Waals surface area contributed by atoms with E-state index in [0.29, 0.717) is 4.91 Å². The molecule has 3 N–H and O–H groups in total. The lowest BCUT2D eigenvalue weighted by Crippen LogP contribution is -2.65. The number of nitrogens with zero attached hydrogens (tertiary/aromatic N) is 1. The molecule has 23 heavy (non-hydrogen) atoms. The fourth-order valence-corrected chi connectivity index (χ4v) is 4.21. The molecule has 2 amide bonds. The van der Waals surface area contributed by atoms with Crippen LogP contribution in [-0.4, -0.2) is 45.0 Å². The Kier molecular flexibility index (Phi) is 4.59. The van der Waals surface area contributed by atoms with Crippen LogP contribution in [0.4, 0.5) is 0 Å². The number of thioether (sulfide) groups is 1. The first kappa shape index (κ1) is 17.6. The van der Waals surface area contributed by atoms with Gasteiger partial charge in [0, 0.05) is 23.4 Å². The number of carbonyl (C=O) groups is 3. The van der Waals surface area contributed by atoms with E-state index in [1.54, 1.807) is 5.41 Å². The molecule has 1 fully saturated rings. The molecule has 0 spiro atoms. The van der Waals surface area contributed by atoms with Crippen LogP contribution in [0.5, 0.6) is 0 Å². The molecule has 3 atom stereocenters. The van der Waals surface area contributed by atoms with Crippen molar-refractivity contribution in [1.82, 2.24) is 10.2 Å². The largest absolute Gasteiger partial charge is 0.477 e. The Bertz CT molecular complexity index is 623. The predicted molar refractivity (Wildman–Crippen MR) is 84.8 cm³/mol. The number of hydrogen-bond acceptors (Lipinski definition) is 5. The number of carbonyl (C=O) groups excluding carboxylic acids is 2. The number of nitrogens with one attached hydrogen (secondary N) is 1. The molecular formula is C15H20N2O5S. The third-order valence-corrected chi connectivity index (χ3v) is 5.41. The Morgan fingerprint density at radius 3 is 2.52 bits per heavy atom. The summed E-state index contributed by atoms with van der Waals surface area (Å²) in [6, 6.07) is -0.377. The van der Waals surface area contributed by atoms with Crippen LogP contribution in [0, 0.1) is 11.3 Å². The van der Waals surface area contributed by atoms with Gasteiger partial charge in [-0.05, 0) is 12.3 Å². The van der Waals surface area contributed by atoms with E-state index in [4.69, 9.17) is 0 Å². The molecule has 1 saturated heterocycles. The average molecular weight is 340 g/mol. The second kappa shape index (κ2) is 6.01. The Morgan fingerprint density at radius 1 is 1.43 bits per heavy atom. The van der Waals surface area contributed by atoms with Gasteiger partial charge in [-0.1, -0.05) is 25.6 Å². The van der Waals surface area contributed by atoms with Crippen LogP contribution in [0.1, 0.15) is 27.7 Å². The normalized spacial score (nSPS) is 27.0. The zero-order valence-electron chi connectivity index (χ0n) is 13.4. The quantitative estimate of drug-likeness (QED) is 0.641. The molecule has 0 radical (unpaired) electrons. The minimum atomic E-state index is -1.17. The van der Waals surface area contributed by atoms with E-state index < -0.39 is 23.4 Å². The predicted octanol–water partition coefficient (Wildman–Crippen LogP) is 0.871. The highest BCUT2D eigenvalue weighted by molar-refractivity contribution is 8.05. The minimum absolute atomic E-state index is 0.0422. The molecule has 7 nitrogen and oxygen atoms in total. The van der Waals surface area contributed by atoms with E-state index in [9.17, 15) is 24.6 Å². The van der Waals surface area contributed by atoms with E-state index in [-0.39, 0.29) is 23.6 Å². The third-order valence-electron chi connectivity index (χ3n) is 4.18. The summed E-state index contributed by atoms with van der Waals surface area (Å²) >= 11 is 1.16. The summed E-state index contributed by atoms with van der Waals surface area (Å²) in [6.45, 7) is 6.63. The molecule has 2 rings (SSSR count). The summed E-state index contributed by atoms with van der Waals surface area (Å²) in [5, 5.41) is 23.4. The highest BCUT2D eigenvalue weighted by Gasteiger charge is 2.64. The first-order chi connectivity index (χ1) is 10.6. The molecule has 0 aromatic rings. The van der Waals surface area contributed by atoms with E-state index in [1.165, 1.54) is 24.9 Å². The van der Waals surface area contributed by atoms with Gasteiger partial charge in [-0.2, -0.15) is 0 Å². The van der Waals surface area contributed by atoms with Crippen molar-refractivity contribution in [1.29, 1.82) is 0 Å². The third kappa shape index (κ3) is 2.76. The molecular weight excluding hydrogens is 320 g/mol. The summed E-state index contributed by atoms with van der Waals surface area (Å²) in [4.78, 5) is 36.5. The van der Waals surface area contributed by atoms with Crippen LogP contribution in [0.25, 0.3) is 0 Å². The number of β-lactam (4-membered cyclic amide) rings is 1. The molecule has 2 heterocycles. The maximum atomic E-state index is 12.2. The van der Waals surface area contributed by atoms with Gasteiger partial charge in [0.05, 0.1) is 18.1 Å². The second-order valence-corrected chi connectivity index (χ2v) is 7.16. The number of carboxylic acid groups (broad SMARTS) is 1. The fourth-order valence-electron chi connectivity index (χ4n) is 3.21. The highest BCUT2D eigenvalue weighted by atomic mass is 32.2. The topological polar surface area (TPSA) is 107 Å². The lowest BCUT2D eigenvalue weighted by Gasteiger charge is -2.49. The van der Waals surface area contributed by atoms with Crippen molar-refractivity contribution in [2.24, 2.45) is 11.3 Å². The zero-order chi connectivity index (χ0) is 17.5.